The molecule has 2 fully saturated rings. The third-order valence-corrected chi connectivity index (χ3v) is 6.43. The average Bonchev–Trinajstić information content (AvgIpc) is 2.78. The molecular formula is C23H31N3O3. The Morgan fingerprint density at radius 3 is 2.79 bits per heavy atom. The van der Waals surface area contributed by atoms with Gasteiger partial charge < -0.3 is 20.1 Å². The summed E-state index contributed by atoms with van der Waals surface area (Å²) >= 11 is 0. The summed E-state index contributed by atoms with van der Waals surface area (Å²) in [5.74, 6) is 0.399. The zero-order chi connectivity index (χ0) is 20.2. The van der Waals surface area contributed by atoms with E-state index < -0.39 is 0 Å². The fourth-order valence-corrected chi connectivity index (χ4v) is 4.81. The van der Waals surface area contributed by atoms with Crippen LogP contribution >= 0.6 is 0 Å². The van der Waals surface area contributed by atoms with E-state index in [9.17, 15) is 9.90 Å². The normalized spacial score (nSPS) is 23.3. The Morgan fingerprint density at radius 2 is 2.03 bits per heavy atom. The molecule has 0 amide bonds. The monoisotopic (exact) mass is 397 g/mol. The maximum Gasteiger partial charge on any atom is 0.341 e. The number of benzene rings is 1. The van der Waals surface area contributed by atoms with Crippen molar-refractivity contribution in [3.8, 4) is 0 Å². The summed E-state index contributed by atoms with van der Waals surface area (Å²) < 4.78 is 5.02. The molecule has 2 N–H and O–H groups in total. The van der Waals surface area contributed by atoms with Crippen molar-refractivity contribution in [3.63, 3.8) is 0 Å². The van der Waals surface area contributed by atoms with Crippen LogP contribution in [0.2, 0.25) is 0 Å². The summed E-state index contributed by atoms with van der Waals surface area (Å²) in [6.45, 7) is 1.61. The number of carbonyl (C=O) groups excluding carboxylic acids is 1. The van der Waals surface area contributed by atoms with Gasteiger partial charge in [0.15, 0.2) is 0 Å². The molecule has 29 heavy (non-hydrogen) atoms. The van der Waals surface area contributed by atoms with Crippen LogP contribution in [0.4, 0.5) is 5.82 Å². The van der Waals surface area contributed by atoms with Crippen LogP contribution in [0.5, 0.6) is 0 Å². The standard InChI is InChI=1S/C23H31N3O3/c1-29-23(28)19-13-16-7-5-6-10-20(16)25-22(19)26-12-11-21(17(14-26)15-27)24-18-8-3-2-4-9-18/h5-7,10,13,17-18,21,24,27H,2-4,8-9,11-12,14-15H2,1H3. The second kappa shape index (κ2) is 9.09. The summed E-state index contributed by atoms with van der Waals surface area (Å²) in [6, 6.07) is 10.5. The summed E-state index contributed by atoms with van der Waals surface area (Å²) in [5.41, 5.74) is 1.35. The molecule has 1 saturated heterocycles. The van der Waals surface area contributed by atoms with Crippen molar-refractivity contribution in [2.75, 3.05) is 31.7 Å². The molecule has 0 spiro atoms. The van der Waals surface area contributed by atoms with E-state index in [4.69, 9.17) is 9.72 Å². The number of hydrogen-bond acceptors (Lipinski definition) is 6. The number of pyridine rings is 1. The topological polar surface area (TPSA) is 74.7 Å². The molecule has 1 aliphatic heterocycles. The van der Waals surface area contributed by atoms with Gasteiger partial charge in [-0.15, -0.1) is 0 Å². The first-order valence-electron chi connectivity index (χ1n) is 10.8. The molecule has 2 atom stereocenters. The molecule has 0 radical (unpaired) electrons. The summed E-state index contributed by atoms with van der Waals surface area (Å²) in [7, 11) is 1.40. The van der Waals surface area contributed by atoms with Crippen molar-refractivity contribution >= 4 is 22.7 Å². The van der Waals surface area contributed by atoms with E-state index in [1.165, 1.54) is 39.2 Å². The van der Waals surface area contributed by atoms with Crippen LogP contribution in [0.15, 0.2) is 30.3 Å². The van der Waals surface area contributed by atoms with Crippen molar-refractivity contribution < 1.29 is 14.6 Å². The minimum Gasteiger partial charge on any atom is -0.465 e. The van der Waals surface area contributed by atoms with Crippen molar-refractivity contribution in [2.45, 2.75) is 50.6 Å². The van der Waals surface area contributed by atoms with Gasteiger partial charge in [-0.05, 0) is 31.4 Å². The number of piperidine rings is 1. The van der Waals surface area contributed by atoms with Crippen LogP contribution in [0.1, 0.15) is 48.9 Å². The Labute approximate surface area is 172 Å². The van der Waals surface area contributed by atoms with Crippen molar-refractivity contribution in [3.05, 3.63) is 35.9 Å². The van der Waals surface area contributed by atoms with Crippen molar-refractivity contribution in [1.29, 1.82) is 0 Å². The molecule has 156 valence electrons. The highest BCUT2D eigenvalue weighted by Crippen LogP contribution is 2.29. The van der Waals surface area contributed by atoms with Gasteiger partial charge in [0.05, 0.1) is 12.6 Å². The van der Waals surface area contributed by atoms with E-state index in [1.54, 1.807) is 0 Å². The average molecular weight is 398 g/mol. The van der Waals surface area contributed by atoms with Crippen LogP contribution in [-0.2, 0) is 4.74 Å². The van der Waals surface area contributed by atoms with E-state index >= 15 is 0 Å². The highest BCUT2D eigenvalue weighted by molar-refractivity contribution is 5.99. The molecule has 2 unspecified atom stereocenters. The van der Waals surface area contributed by atoms with Crippen LogP contribution in [0.3, 0.4) is 0 Å². The Kier molecular flexibility index (Phi) is 6.31. The molecule has 2 heterocycles. The lowest BCUT2D eigenvalue weighted by Crippen LogP contribution is -2.54. The lowest BCUT2D eigenvalue weighted by atomic mass is 9.89. The van der Waals surface area contributed by atoms with E-state index in [1.807, 2.05) is 30.3 Å². The van der Waals surface area contributed by atoms with Gasteiger partial charge in [-0.1, -0.05) is 37.5 Å². The first-order chi connectivity index (χ1) is 14.2. The van der Waals surface area contributed by atoms with E-state index in [-0.39, 0.29) is 18.5 Å². The first kappa shape index (κ1) is 20.1. The number of aromatic nitrogens is 1. The molecule has 6 nitrogen and oxygen atoms in total. The maximum atomic E-state index is 12.4. The highest BCUT2D eigenvalue weighted by atomic mass is 16.5. The maximum absolute atomic E-state index is 12.4. The fraction of sp³-hybridized carbons (Fsp3) is 0.565. The van der Waals surface area contributed by atoms with E-state index in [0.29, 0.717) is 30.0 Å². The van der Waals surface area contributed by atoms with E-state index in [0.717, 1.165) is 23.9 Å². The number of rotatable bonds is 5. The molecule has 2 aromatic rings. The van der Waals surface area contributed by atoms with Gasteiger partial charge in [0.1, 0.15) is 11.4 Å². The van der Waals surface area contributed by atoms with E-state index in [2.05, 4.69) is 10.2 Å². The number of esters is 1. The number of aliphatic hydroxyl groups is 1. The number of para-hydroxylation sites is 1. The Morgan fingerprint density at radius 1 is 1.24 bits per heavy atom. The number of methoxy groups -OCH3 is 1. The van der Waals surface area contributed by atoms with Gasteiger partial charge in [0.2, 0.25) is 0 Å². The number of ether oxygens (including phenoxy) is 1. The number of aliphatic hydroxyl groups excluding tert-OH is 1. The van der Waals surface area contributed by atoms with Crippen molar-refractivity contribution in [1.82, 2.24) is 10.3 Å². The van der Waals surface area contributed by atoms with Gasteiger partial charge in [-0.25, -0.2) is 9.78 Å². The number of nitrogens with zero attached hydrogens (tertiary/aromatic N) is 2. The van der Waals surface area contributed by atoms with Crippen LogP contribution < -0.4 is 10.2 Å². The lowest BCUT2D eigenvalue weighted by molar-refractivity contribution is 0.0601. The minimum atomic E-state index is -0.374. The molecular weight excluding hydrogens is 366 g/mol. The second-order valence-electron chi connectivity index (χ2n) is 8.33. The minimum absolute atomic E-state index is 0.115. The SMILES string of the molecule is COC(=O)c1cc2ccccc2nc1N1CCC(NC2CCCCC2)C(CO)C1. The third kappa shape index (κ3) is 4.38. The summed E-state index contributed by atoms with van der Waals surface area (Å²) in [6.07, 6.45) is 7.32. The Balaban J connectivity index is 1.56. The number of nitrogens with one attached hydrogen (secondary N) is 1. The molecule has 1 saturated carbocycles. The molecule has 6 heteroatoms. The van der Waals surface area contributed by atoms with Gasteiger partial charge in [-0.3, -0.25) is 0 Å². The second-order valence-corrected chi connectivity index (χ2v) is 8.33. The number of hydrogen-bond donors (Lipinski definition) is 2. The summed E-state index contributed by atoms with van der Waals surface area (Å²) in [4.78, 5) is 19.4. The smallest absolute Gasteiger partial charge is 0.341 e. The molecule has 1 aliphatic carbocycles. The van der Waals surface area contributed by atoms with Gasteiger partial charge >= 0.3 is 5.97 Å². The third-order valence-electron chi connectivity index (χ3n) is 6.43. The molecule has 0 bridgehead atoms. The predicted molar refractivity (Wildman–Crippen MR) is 114 cm³/mol. The fourth-order valence-electron chi connectivity index (χ4n) is 4.81. The molecule has 1 aromatic heterocycles. The molecule has 2 aliphatic rings. The Hall–Kier alpha value is -2.18. The number of anilines is 1. The van der Waals surface area contributed by atoms with Crippen LogP contribution in [-0.4, -0.2) is 54.9 Å². The van der Waals surface area contributed by atoms with Gasteiger partial charge in [0.25, 0.3) is 0 Å². The largest absolute Gasteiger partial charge is 0.465 e. The highest BCUT2D eigenvalue weighted by Gasteiger charge is 2.33. The lowest BCUT2D eigenvalue weighted by Gasteiger charge is -2.41. The summed E-state index contributed by atoms with van der Waals surface area (Å²) in [5, 5.41) is 14.8. The zero-order valence-electron chi connectivity index (χ0n) is 17.1. The molecule has 4 rings (SSSR count). The van der Waals surface area contributed by atoms with Gasteiger partial charge in [-0.2, -0.15) is 0 Å². The van der Waals surface area contributed by atoms with Crippen LogP contribution in [0, 0.1) is 5.92 Å². The first-order valence-corrected chi connectivity index (χ1v) is 10.8. The molecule has 1 aromatic carbocycles. The zero-order valence-corrected chi connectivity index (χ0v) is 17.1. The Bertz CT molecular complexity index is 850. The predicted octanol–water partition coefficient (Wildman–Crippen LogP) is 3.13. The quantitative estimate of drug-likeness (QED) is 0.755. The van der Waals surface area contributed by atoms with Crippen molar-refractivity contribution in [2.24, 2.45) is 5.92 Å². The number of fused-ring (bicyclic) bond motifs is 1. The van der Waals surface area contributed by atoms with Crippen LogP contribution in [0.25, 0.3) is 10.9 Å². The van der Waals surface area contributed by atoms with Gasteiger partial charge in [0, 0.05) is 43.1 Å². The number of carbonyl (C=O) groups is 1.